The first-order valence-electron chi connectivity index (χ1n) is 9.60. The van der Waals surface area contributed by atoms with E-state index in [0.29, 0.717) is 6.61 Å². The average Bonchev–Trinajstić information content (AvgIpc) is 2.54. The van der Waals surface area contributed by atoms with Crippen LogP contribution in [0.2, 0.25) is 0 Å². The molecule has 4 rings (SSSR count). The van der Waals surface area contributed by atoms with Gasteiger partial charge in [-0.2, -0.15) is 11.8 Å². The van der Waals surface area contributed by atoms with Gasteiger partial charge >= 0.3 is 5.97 Å². The molecule has 2 unspecified atom stereocenters. The summed E-state index contributed by atoms with van der Waals surface area (Å²) in [5.74, 6) is 3.71. The van der Waals surface area contributed by atoms with Crippen LogP contribution in [0.3, 0.4) is 0 Å². The van der Waals surface area contributed by atoms with E-state index >= 15 is 0 Å². The smallest absolute Gasteiger partial charge is 0.330 e. The SMILES string of the molecule is C=CC(=O)OCC12CC3CC(C1)CC(OCCCSCCC)(C3)C2. The Labute approximate surface area is 150 Å². The van der Waals surface area contributed by atoms with Crippen LogP contribution in [0, 0.1) is 17.3 Å². The molecule has 4 heteroatoms. The highest BCUT2D eigenvalue weighted by Crippen LogP contribution is 2.62. The molecule has 0 heterocycles. The van der Waals surface area contributed by atoms with Crippen molar-refractivity contribution < 1.29 is 14.3 Å². The van der Waals surface area contributed by atoms with Crippen LogP contribution in [0.1, 0.15) is 58.3 Å². The van der Waals surface area contributed by atoms with Crippen molar-refractivity contribution in [3.63, 3.8) is 0 Å². The molecule has 136 valence electrons. The van der Waals surface area contributed by atoms with Crippen LogP contribution in [0.15, 0.2) is 12.7 Å². The highest BCUT2D eigenvalue weighted by atomic mass is 32.2. The fourth-order valence-electron chi connectivity index (χ4n) is 5.68. The maximum Gasteiger partial charge on any atom is 0.330 e. The number of thioether (sulfide) groups is 1. The summed E-state index contributed by atoms with van der Waals surface area (Å²) in [6, 6.07) is 0. The predicted octanol–water partition coefficient (Wildman–Crippen LogP) is 4.60. The normalized spacial score (nSPS) is 36.7. The molecule has 0 aliphatic heterocycles. The Kier molecular flexibility index (Phi) is 5.97. The molecule has 0 aromatic heterocycles. The van der Waals surface area contributed by atoms with Crippen LogP contribution in [-0.2, 0) is 14.3 Å². The minimum atomic E-state index is -0.284. The summed E-state index contributed by atoms with van der Waals surface area (Å²) in [6.07, 6.45) is 11.0. The van der Waals surface area contributed by atoms with Gasteiger partial charge < -0.3 is 9.47 Å². The van der Waals surface area contributed by atoms with E-state index in [0.717, 1.165) is 31.3 Å². The summed E-state index contributed by atoms with van der Waals surface area (Å²) >= 11 is 2.04. The van der Waals surface area contributed by atoms with Gasteiger partial charge in [0.25, 0.3) is 0 Å². The fourth-order valence-corrected chi connectivity index (χ4v) is 6.50. The van der Waals surface area contributed by atoms with Crippen molar-refractivity contribution in [3.8, 4) is 0 Å². The van der Waals surface area contributed by atoms with Gasteiger partial charge in [0, 0.05) is 18.1 Å². The molecule has 0 N–H and O–H groups in total. The molecular weight excluding hydrogens is 320 g/mol. The van der Waals surface area contributed by atoms with Gasteiger partial charge in [0.15, 0.2) is 0 Å². The molecule has 0 saturated heterocycles. The minimum absolute atomic E-state index is 0.0695. The second-order valence-electron chi connectivity index (χ2n) is 8.27. The highest BCUT2D eigenvalue weighted by Gasteiger charge is 2.58. The van der Waals surface area contributed by atoms with Crippen molar-refractivity contribution >= 4 is 17.7 Å². The van der Waals surface area contributed by atoms with Crippen molar-refractivity contribution in [3.05, 3.63) is 12.7 Å². The zero-order valence-corrected chi connectivity index (χ0v) is 15.9. The lowest BCUT2D eigenvalue weighted by molar-refractivity contribution is -0.205. The van der Waals surface area contributed by atoms with Crippen LogP contribution < -0.4 is 0 Å². The number of hydrogen-bond acceptors (Lipinski definition) is 4. The molecule has 2 atom stereocenters. The number of hydrogen-bond donors (Lipinski definition) is 0. The Morgan fingerprint density at radius 2 is 2.00 bits per heavy atom. The van der Waals surface area contributed by atoms with Gasteiger partial charge in [-0.3, -0.25) is 0 Å². The lowest BCUT2D eigenvalue weighted by Gasteiger charge is -2.61. The Hall–Kier alpha value is -0.480. The Balaban J connectivity index is 1.54. The molecule has 0 aromatic rings. The Bertz CT molecular complexity index is 448. The van der Waals surface area contributed by atoms with Crippen molar-refractivity contribution in [2.24, 2.45) is 17.3 Å². The average molecular weight is 353 g/mol. The van der Waals surface area contributed by atoms with Gasteiger partial charge in [-0.1, -0.05) is 13.5 Å². The number of esters is 1. The molecule has 0 radical (unpaired) electrons. The molecule has 24 heavy (non-hydrogen) atoms. The Morgan fingerprint density at radius 1 is 1.25 bits per heavy atom. The first kappa shape index (κ1) is 18.3. The van der Waals surface area contributed by atoms with Gasteiger partial charge in [-0.15, -0.1) is 0 Å². The number of carbonyl (C=O) groups is 1. The quantitative estimate of drug-likeness (QED) is 0.327. The summed E-state index contributed by atoms with van der Waals surface area (Å²) in [6.45, 7) is 7.19. The molecular formula is C20H32O3S. The van der Waals surface area contributed by atoms with Gasteiger partial charge in [0.2, 0.25) is 0 Å². The second-order valence-corrected chi connectivity index (χ2v) is 9.50. The summed E-state index contributed by atoms with van der Waals surface area (Å²) in [5, 5.41) is 0. The van der Waals surface area contributed by atoms with Crippen LogP contribution in [-0.4, -0.2) is 36.3 Å². The third-order valence-corrected chi connectivity index (χ3v) is 7.28. The van der Waals surface area contributed by atoms with E-state index in [1.165, 1.54) is 56.1 Å². The van der Waals surface area contributed by atoms with Crippen molar-refractivity contribution in [1.29, 1.82) is 0 Å². The molecule has 4 fully saturated rings. The van der Waals surface area contributed by atoms with E-state index in [2.05, 4.69) is 13.5 Å². The molecule has 4 bridgehead atoms. The van der Waals surface area contributed by atoms with Crippen LogP contribution in [0.4, 0.5) is 0 Å². The van der Waals surface area contributed by atoms with Crippen molar-refractivity contribution in [2.75, 3.05) is 24.7 Å². The van der Waals surface area contributed by atoms with Gasteiger partial charge in [-0.25, -0.2) is 4.79 Å². The van der Waals surface area contributed by atoms with E-state index in [-0.39, 0.29) is 17.0 Å². The molecule has 4 aliphatic carbocycles. The second kappa shape index (κ2) is 7.82. The summed E-state index contributed by atoms with van der Waals surface area (Å²) in [4.78, 5) is 11.5. The standard InChI is InChI=1S/C20H32O3S/c1-3-7-24-8-5-6-23-20-12-16-9-17(13-20)11-19(10-16,14-20)15-22-18(21)4-2/h4,16-17H,2-3,5-15H2,1H3. The molecule has 0 amide bonds. The van der Waals surface area contributed by atoms with Crippen LogP contribution in [0.25, 0.3) is 0 Å². The first-order valence-corrected chi connectivity index (χ1v) is 10.8. The van der Waals surface area contributed by atoms with Gasteiger partial charge in [0.1, 0.15) is 0 Å². The molecule has 4 aliphatic rings. The zero-order valence-electron chi connectivity index (χ0n) is 15.1. The van der Waals surface area contributed by atoms with Crippen molar-refractivity contribution in [1.82, 2.24) is 0 Å². The summed E-state index contributed by atoms with van der Waals surface area (Å²) in [5.41, 5.74) is 0.236. The first-order chi connectivity index (χ1) is 11.6. The summed E-state index contributed by atoms with van der Waals surface area (Å²) in [7, 11) is 0. The maximum atomic E-state index is 11.5. The lowest BCUT2D eigenvalue weighted by Crippen LogP contribution is -2.58. The zero-order chi connectivity index (χ0) is 17.0. The highest BCUT2D eigenvalue weighted by molar-refractivity contribution is 7.99. The Morgan fingerprint density at radius 3 is 2.67 bits per heavy atom. The lowest BCUT2D eigenvalue weighted by atomic mass is 9.48. The molecule has 0 spiro atoms. The third kappa shape index (κ3) is 4.19. The van der Waals surface area contributed by atoms with E-state index in [1.54, 1.807) is 0 Å². The van der Waals surface area contributed by atoms with Crippen molar-refractivity contribution in [2.45, 2.75) is 63.9 Å². The van der Waals surface area contributed by atoms with Crippen LogP contribution >= 0.6 is 11.8 Å². The number of carbonyl (C=O) groups excluding carboxylic acids is 1. The third-order valence-electron chi connectivity index (χ3n) is 6.01. The molecule has 0 aromatic carbocycles. The monoisotopic (exact) mass is 352 g/mol. The van der Waals surface area contributed by atoms with E-state index < -0.39 is 0 Å². The van der Waals surface area contributed by atoms with E-state index in [4.69, 9.17) is 9.47 Å². The summed E-state index contributed by atoms with van der Waals surface area (Å²) < 4.78 is 12.0. The topological polar surface area (TPSA) is 35.5 Å². The van der Waals surface area contributed by atoms with E-state index in [1.807, 2.05) is 11.8 Å². The van der Waals surface area contributed by atoms with Gasteiger partial charge in [0.05, 0.1) is 12.2 Å². The largest absolute Gasteiger partial charge is 0.462 e. The number of rotatable bonds is 10. The fraction of sp³-hybridized carbons (Fsp3) is 0.850. The van der Waals surface area contributed by atoms with E-state index in [9.17, 15) is 4.79 Å². The molecule has 4 saturated carbocycles. The minimum Gasteiger partial charge on any atom is -0.462 e. The maximum absolute atomic E-state index is 11.5. The van der Waals surface area contributed by atoms with Gasteiger partial charge in [-0.05, 0) is 74.7 Å². The number of ether oxygens (including phenoxy) is 2. The molecule has 3 nitrogen and oxygen atoms in total. The predicted molar refractivity (Wildman–Crippen MR) is 99.2 cm³/mol. The van der Waals surface area contributed by atoms with Crippen LogP contribution in [0.5, 0.6) is 0 Å².